The number of ether oxygens (including phenoxy) is 1. The van der Waals surface area contributed by atoms with Gasteiger partial charge in [-0.3, -0.25) is 0 Å². The number of nitrogens with one attached hydrogen (secondary N) is 1. The summed E-state index contributed by atoms with van der Waals surface area (Å²) in [6, 6.07) is 18.2. The summed E-state index contributed by atoms with van der Waals surface area (Å²) in [7, 11) is 1.70. The summed E-state index contributed by atoms with van der Waals surface area (Å²) < 4.78 is 5.30. The minimum Gasteiger partial charge on any atom is -0.497 e. The molecule has 122 valence electrons. The molecule has 1 heterocycles. The van der Waals surface area contributed by atoms with Gasteiger partial charge in [0.1, 0.15) is 18.4 Å². The van der Waals surface area contributed by atoms with Gasteiger partial charge in [0.05, 0.1) is 33.3 Å². The number of nitrogens with zero attached hydrogens (tertiary/aromatic N) is 1. The van der Waals surface area contributed by atoms with Crippen molar-refractivity contribution in [3.63, 3.8) is 0 Å². The molecule has 0 amide bonds. The molecule has 2 aromatic carbocycles. The predicted octanol–water partition coefficient (Wildman–Crippen LogP) is 1.13. The number of benzene rings is 2. The molecule has 0 radical (unpaired) electrons. The molecule has 0 spiro atoms. The first kappa shape index (κ1) is 15.8. The van der Waals surface area contributed by atoms with E-state index in [-0.39, 0.29) is 6.10 Å². The number of rotatable bonds is 5. The number of aliphatic hydroxyl groups is 1. The number of methoxy groups -OCH3 is 1. The van der Waals surface area contributed by atoms with Crippen LogP contribution in [0.3, 0.4) is 0 Å². The molecule has 0 aromatic heterocycles. The molecule has 1 aliphatic heterocycles. The van der Waals surface area contributed by atoms with Gasteiger partial charge in [-0.25, -0.2) is 0 Å². The van der Waals surface area contributed by atoms with E-state index >= 15 is 0 Å². The molecule has 0 aliphatic carbocycles. The summed E-state index contributed by atoms with van der Waals surface area (Å²) in [4.78, 5) is 3.85. The molecule has 0 unspecified atom stereocenters. The Labute approximate surface area is 137 Å². The van der Waals surface area contributed by atoms with Crippen molar-refractivity contribution in [3.8, 4) is 5.75 Å². The smallest absolute Gasteiger partial charge is 0.128 e. The van der Waals surface area contributed by atoms with Gasteiger partial charge < -0.3 is 19.6 Å². The Morgan fingerprint density at radius 3 is 2.52 bits per heavy atom. The lowest BCUT2D eigenvalue weighted by Crippen LogP contribution is -3.15. The van der Waals surface area contributed by atoms with Crippen LogP contribution in [0.15, 0.2) is 54.6 Å². The standard InChI is InChI=1S/C19H24N2O2/c1-23-18-9-5-8-17(14-18)21-12-10-20(11-13-21)15-19(22)16-6-3-2-4-7-16/h2-9,14,19,22H,10-13,15H2,1H3/p+1/t19-/m1/s1. The Morgan fingerprint density at radius 2 is 1.83 bits per heavy atom. The quantitative estimate of drug-likeness (QED) is 0.869. The fourth-order valence-corrected chi connectivity index (χ4v) is 3.16. The zero-order valence-electron chi connectivity index (χ0n) is 13.6. The molecule has 4 nitrogen and oxygen atoms in total. The third-order valence-corrected chi connectivity index (χ3v) is 4.56. The lowest BCUT2D eigenvalue weighted by atomic mass is 10.1. The predicted molar refractivity (Wildman–Crippen MR) is 92.2 cm³/mol. The summed E-state index contributed by atoms with van der Waals surface area (Å²) >= 11 is 0. The molecule has 4 heteroatoms. The van der Waals surface area contributed by atoms with Crippen molar-refractivity contribution in [2.75, 3.05) is 44.7 Å². The molecule has 2 aromatic rings. The molecule has 2 N–H and O–H groups in total. The van der Waals surface area contributed by atoms with E-state index in [9.17, 15) is 5.11 Å². The number of hydrogen-bond donors (Lipinski definition) is 2. The Morgan fingerprint density at radius 1 is 1.09 bits per heavy atom. The maximum Gasteiger partial charge on any atom is 0.128 e. The number of anilines is 1. The third-order valence-electron chi connectivity index (χ3n) is 4.56. The van der Waals surface area contributed by atoms with E-state index in [1.54, 1.807) is 7.11 Å². The molecule has 1 aliphatic rings. The second-order valence-electron chi connectivity index (χ2n) is 6.07. The fourth-order valence-electron chi connectivity index (χ4n) is 3.16. The first-order chi connectivity index (χ1) is 11.3. The van der Waals surface area contributed by atoms with Gasteiger partial charge in [0.25, 0.3) is 0 Å². The molecular formula is C19H25N2O2+. The zero-order valence-corrected chi connectivity index (χ0v) is 13.6. The summed E-state index contributed by atoms with van der Waals surface area (Å²) in [5.74, 6) is 0.900. The topological polar surface area (TPSA) is 37.1 Å². The Kier molecular flexibility index (Phi) is 5.16. The third kappa shape index (κ3) is 4.03. The summed E-state index contributed by atoms with van der Waals surface area (Å²) in [6.07, 6.45) is -0.380. The monoisotopic (exact) mass is 313 g/mol. The molecule has 1 saturated heterocycles. The highest BCUT2D eigenvalue weighted by Crippen LogP contribution is 2.20. The van der Waals surface area contributed by atoms with Crippen LogP contribution < -0.4 is 14.5 Å². The van der Waals surface area contributed by atoms with Crippen molar-refractivity contribution in [1.29, 1.82) is 0 Å². The number of aliphatic hydroxyl groups excluding tert-OH is 1. The van der Waals surface area contributed by atoms with Gasteiger partial charge in [-0.05, 0) is 17.7 Å². The second kappa shape index (κ2) is 7.49. The average molecular weight is 313 g/mol. The van der Waals surface area contributed by atoms with Crippen molar-refractivity contribution < 1.29 is 14.7 Å². The van der Waals surface area contributed by atoms with E-state index < -0.39 is 0 Å². The van der Waals surface area contributed by atoms with E-state index in [4.69, 9.17) is 4.74 Å². The molecule has 0 saturated carbocycles. The summed E-state index contributed by atoms with van der Waals surface area (Å²) in [5, 5.41) is 10.4. The highest BCUT2D eigenvalue weighted by molar-refractivity contribution is 5.50. The minimum atomic E-state index is -0.380. The van der Waals surface area contributed by atoms with Gasteiger partial charge >= 0.3 is 0 Å². The number of hydrogen-bond acceptors (Lipinski definition) is 3. The van der Waals surface area contributed by atoms with Gasteiger partial charge in [-0.15, -0.1) is 0 Å². The van der Waals surface area contributed by atoms with E-state index in [1.807, 2.05) is 42.5 Å². The molecule has 1 fully saturated rings. The minimum absolute atomic E-state index is 0.380. The number of quaternary nitrogens is 1. The van der Waals surface area contributed by atoms with Crippen molar-refractivity contribution >= 4 is 5.69 Å². The molecular weight excluding hydrogens is 288 g/mol. The molecule has 23 heavy (non-hydrogen) atoms. The maximum absolute atomic E-state index is 10.4. The molecule has 0 bridgehead atoms. The van der Waals surface area contributed by atoms with E-state index in [0.29, 0.717) is 0 Å². The fraction of sp³-hybridized carbons (Fsp3) is 0.368. The summed E-state index contributed by atoms with van der Waals surface area (Å²) in [6.45, 7) is 4.87. The average Bonchev–Trinajstić information content (AvgIpc) is 2.63. The van der Waals surface area contributed by atoms with Crippen LogP contribution in [-0.2, 0) is 0 Å². The SMILES string of the molecule is COc1cccc(N2CC[NH+](C[C@@H](O)c3ccccc3)CC2)c1. The Hall–Kier alpha value is -2.04. The second-order valence-corrected chi connectivity index (χ2v) is 6.07. The molecule has 1 atom stereocenters. The first-order valence-corrected chi connectivity index (χ1v) is 8.22. The van der Waals surface area contributed by atoms with Crippen LogP contribution >= 0.6 is 0 Å². The summed E-state index contributed by atoms with van der Waals surface area (Å²) in [5.41, 5.74) is 2.22. The van der Waals surface area contributed by atoms with Gasteiger partial charge in [-0.2, -0.15) is 0 Å². The Bertz CT molecular complexity index is 610. The van der Waals surface area contributed by atoms with Crippen LogP contribution in [0.2, 0.25) is 0 Å². The van der Waals surface area contributed by atoms with Gasteiger partial charge in [-0.1, -0.05) is 36.4 Å². The van der Waals surface area contributed by atoms with Crippen molar-refractivity contribution in [3.05, 3.63) is 60.2 Å². The van der Waals surface area contributed by atoms with Crippen molar-refractivity contribution in [1.82, 2.24) is 0 Å². The molecule has 3 rings (SSSR count). The zero-order chi connectivity index (χ0) is 16.1. The first-order valence-electron chi connectivity index (χ1n) is 8.22. The van der Waals surface area contributed by atoms with Crippen LogP contribution in [0.4, 0.5) is 5.69 Å². The van der Waals surface area contributed by atoms with Crippen LogP contribution in [0, 0.1) is 0 Å². The highest BCUT2D eigenvalue weighted by Gasteiger charge is 2.23. The highest BCUT2D eigenvalue weighted by atomic mass is 16.5. The van der Waals surface area contributed by atoms with E-state index in [1.165, 1.54) is 10.6 Å². The maximum atomic E-state index is 10.4. The van der Waals surface area contributed by atoms with Crippen molar-refractivity contribution in [2.24, 2.45) is 0 Å². The van der Waals surface area contributed by atoms with Crippen LogP contribution in [0.1, 0.15) is 11.7 Å². The van der Waals surface area contributed by atoms with Crippen LogP contribution in [0.25, 0.3) is 0 Å². The normalized spacial score (nSPS) is 17.0. The lowest BCUT2D eigenvalue weighted by Gasteiger charge is -2.34. The Balaban J connectivity index is 1.54. The van der Waals surface area contributed by atoms with Gasteiger partial charge in [0.2, 0.25) is 0 Å². The van der Waals surface area contributed by atoms with Crippen molar-refractivity contribution in [2.45, 2.75) is 6.10 Å². The lowest BCUT2D eigenvalue weighted by molar-refractivity contribution is -0.904. The van der Waals surface area contributed by atoms with Gasteiger partial charge in [0.15, 0.2) is 0 Å². The van der Waals surface area contributed by atoms with E-state index in [0.717, 1.165) is 44.0 Å². The van der Waals surface area contributed by atoms with Crippen LogP contribution in [0.5, 0.6) is 5.75 Å². The van der Waals surface area contributed by atoms with E-state index in [2.05, 4.69) is 17.0 Å². The van der Waals surface area contributed by atoms with Crippen LogP contribution in [-0.4, -0.2) is 44.9 Å². The van der Waals surface area contributed by atoms with Gasteiger partial charge in [0, 0.05) is 11.8 Å². The number of piperazine rings is 1. The largest absolute Gasteiger partial charge is 0.497 e.